The maximum atomic E-state index is 10.7. The molecule has 1 N–H and O–H groups in total. The Morgan fingerprint density at radius 1 is 1.43 bits per heavy atom. The van der Waals surface area contributed by atoms with Gasteiger partial charge in [-0.3, -0.25) is 4.99 Å². The minimum absolute atomic E-state index is 0. The molecule has 0 unspecified atom stereocenters. The summed E-state index contributed by atoms with van der Waals surface area (Å²) < 4.78 is 0. The van der Waals surface area contributed by atoms with Gasteiger partial charge in [-0.25, -0.2) is 0 Å². The van der Waals surface area contributed by atoms with Crippen LogP contribution in [0.15, 0.2) is 4.99 Å². The first kappa shape index (κ1) is 14.1. The zero-order valence-corrected chi connectivity index (χ0v) is 11.2. The molecule has 1 aliphatic heterocycles. The largest absolute Gasteiger partial charge is 1.00 e. The molecule has 1 heterocycles. The maximum Gasteiger partial charge on any atom is 1.00 e. The van der Waals surface area contributed by atoms with Crippen LogP contribution < -0.4 is 34.7 Å². The number of nitrogens with zero attached hydrogens (tertiary/aromatic N) is 2. The van der Waals surface area contributed by atoms with Gasteiger partial charge in [0.15, 0.2) is 0 Å². The fourth-order valence-electron chi connectivity index (χ4n) is 1.54. The molecule has 0 saturated carbocycles. The van der Waals surface area contributed by atoms with Gasteiger partial charge < -0.3 is 15.1 Å². The standard InChI is InChI=1S/C8H14N2O3.Na/c1-7(2)5(6(11)12)9-8(3,4)10(7)13;/h13H,1-4H3,(H,11,12);/q;+1/p-1. The van der Waals surface area contributed by atoms with Crippen LogP contribution in [0.2, 0.25) is 0 Å². The molecule has 0 atom stereocenters. The minimum atomic E-state index is -1.34. The van der Waals surface area contributed by atoms with Gasteiger partial charge in [-0.1, -0.05) is 0 Å². The van der Waals surface area contributed by atoms with Crippen LogP contribution in [0, 0.1) is 0 Å². The van der Waals surface area contributed by atoms with E-state index in [1.807, 2.05) is 0 Å². The van der Waals surface area contributed by atoms with Gasteiger partial charge >= 0.3 is 29.6 Å². The van der Waals surface area contributed by atoms with Crippen LogP contribution in [0.1, 0.15) is 27.7 Å². The van der Waals surface area contributed by atoms with E-state index < -0.39 is 17.2 Å². The minimum Gasteiger partial charge on any atom is -0.543 e. The number of hydrogen-bond acceptors (Lipinski definition) is 5. The molecule has 1 aliphatic rings. The number of carboxylic acids is 1. The van der Waals surface area contributed by atoms with Crippen molar-refractivity contribution < 1.29 is 44.7 Å². The molecule has 0 aromatic carbocycles. The van der Waals surface area contributed by atoms with Crippen molar-refractivity contribution in [1.29, 1.82) is 0 Å². The van der Waals surface area contributed by atoms with Crippen molar-refractivity contribution in [2.75, 3.05) is 0 Å². The topological polar surface area (TPSA) is 76.0 Å². The van der Waals surface area contributed by atoms with Crippen LogP contribution in [-0.2, 0) is 4.79 Å². The van der Waals surface area contributed by atoms with Crippen LogP contribution >= 0.6 is 0 Å². The second kappa shape index (κ2) is 3.90. The van der Waals surface area contributed by atoms with E-state index in [0.717, 1.165) is 5.06 Å². The molecule has 0 saturated heterocycles. The first-order chi connectivity index (χ1) is 5.69. The summed E-state index contributed by atoms with van der Waals surface area (Å²) in [6.07, 6.45) is 0. The third kappa shape index (κ3) is 2.01. The van der Waals surface area contributed by atoms with Gasteiger partial charge in [0.1, 0.15) is 5.66 Å². The Morgan fingerprint density at radius 2 is 1.86 bits per heavy atom. The van der Waals surface area contributed by atoms with Crippen molar-refractivity contribution >= 4 is 11.7 Å². The van der Waals surface area contributed by atoms with E-state index in [9.17, 15) is 15.1 Å². The van der Waals surface area contributed by atoms with E-state index in [1.54, 1.807) is 27.7 Å². The summed E-state index contributed by atoms with van der Waals surface area (Å²) in [7, 11) is 0. The summed E-state index contributed by atoms with van der Waals surface area (Å²) in [6, 6.07) is 0. The normalized spacial score (nSPS) is 23.9. The molecule has 0 amide bonds. The molecule has 14 heavy (non-hydrogen) atoms. The Hall–Kier alpha value is 0.0600. The molecule has 0 aliphatic carbocycles. The number of hydrogen-bond donors (Lipinski definition) is 1. The molecule has 6 heteroatoms. The fourth-order valence-corrected chi connectivity index (χ4v) is 1.54. The summed E-state index contributed by atoms with van der Waals surface area (Å²) in [5, 5.41) is 21.2. The zero-order valence-electron chi connectivity index (χ0n) is 9.16. The van der Waals surface area contributed by atoms with Crippen molar-refractivity contribution in [3.05, 3.63) is 0 Å². The molecule has 0 fully saturated rings. The average Bonchev–Trinajstić information content (AvgIpc) is 2.11. The van der Waals surface area contributed by atoms with Crippen LogP contribution in [0.25, 0.3) is 0 Å². The summed E-state index contributed by atoms with van der Waals surface area (Å²) in [6.45, 7) is 6.42. The quantitative estimate of drug-likeness (QED) is 0.452. The van der Waals surface area contributed by atoms with Gasteiger partial charge in [-0.15, -0.1) is 0 Å². The molecule has 1 rings (SSSR count). The molecular formula is C8H13N2NaO3. The summed E-state index contributed by atoms with van der Waals surface area (Å²) in [5.41, 5.74) is -2.03. The predicted molar refractivity (Wildman–Crippen MR) is 44.2 cm³/mol. The second-order valence-corrected chi connectivity index (χ2v) is 4.11. The molecule has 0 bridgehead atoms. The molecule has 0 radical (unpaired) electrons. The fraction of sp³-hybridized carbons (Fsp3) is 0.750. The van der Waals surface area contributed by atoms with Gasteiger partial charge in [0.25, 0.3) is 0 Å². The number of carbonyl (C=O) groups excluding carboxylic acids is 1. The van der Waals surface area contributed by atoms with E-state index in [2.05, 4.69) is 4.99 Å². The van der Waals surface area contributed by atoms with Crippen LogP contribution in [0.3, 0.4) is 0 Å². The van der Waals surface area contributed by atoms with Crippen LogP contribution in [0.4, 0.5) is 0 Å². The van der Waals surface area contributed by atoms with Gasteiger partial charge in [0, 0.05) is 0 Å². The van der Waals surface area contributed by atoms with E-state index in [-0.39, 0.29) is 35.3 Å². The molecule has 0 aromatic rings. The van der Waals surface area contributed by atoms with Gasteiger partial charge in [0.05, 0.1) is 17.2 Å². The van der Waals surface area contributed by atoms with Crippen molar-refractivity contribution in [2.45, 2.75) is 38.9 Å². The van der Waals surface area contributed by atoms with Crippen molar-refractivity contribution in [3.8, 4) is 0 Å². The molecule has 0 aromatic heterocycles. The smallest absolute Gasteiger partial charge is 0.543 e. The first-order valence-electron chi connectivity index (χ1n) is 4.00. The second-order valence-electron chi connectivity index (χ2n) is 4.11. The molecule has 5 nitrogen and oxygen atoms in total. The number of carbonyl (C=O) groups is 1. The van der Waals surface area contributed by atoms with Gasteiger partial charge in [-0.05, 0) is 27.7 Å². The number of rotatable bonds is 1. The Bertz CT molecular complexity index is 286. The van der Waals surface area contributed by atoms with Crippen LogP contribution in [0.5, 0.6) is 0 Å². The van der Waals surface area contributed by atoms with E-state index in [1.165, 1.54) is 0 Å². The number of hydroxylamine groups is 2. The van der Waals surface area contributed by atoms with Crippen molar-refractivity contribution in [3.63, 3.8) is 0 Å². The molecular weight excluding hydrogens is 195 g/mol. The van der Waals surface area contributed by atoms with Crippen molar-refractivity contribution in [2.24, 2.45) is 4.99 Å². The average molecular weight is 208 g/mol. The summed E-state index contributed by atoms with van der Waals surface area (Å²) in [5.74, 6) is -1.34. The Labute approximate surface area is 105 Å². The maximum absolute atomic E-state index is 10.7. The third-order valence-electron chi connectivity index (χ3n) is 2.21. The monoisotopic (exact) mass is 208 g/mol. The number of aliphatic imine (C=N–C) groups is 1. The summed E-state index contributed by atoms with van der Waals surface area (Å²) in [4.78, 5) is 14.6. The SMILES string of the molecule is CC1(C)N=C(C(=O)[O-])C(C)(C)N1O.[Na+]. The van der Waals surface area contributed by atoms with Gasteiger partial charge in [-0.2, -0.15) is 5.06 Å². The zero-order chi connectivity index (χ0) is 10.4. The first-order valence-corrected chi connectivity index (χ1v) is 4.00. The molecule has 0 spiro atoms. The number of aliphatic carboxylic acids is 1. The Kier molecular flexibility index (Phi) is 3.92. The van der Waals surface area contributed by atoms with Crippen LogP contribution in [-0.4, -0.2) is 33.2 Å². The number of carboxylic acid groups (broad SMARTS) is 1. The van der Waals surface area contributed by atoms with E-state index in [4.69, 9.17) is 0 Å². The van der Waals surface area contributed by atoms with Gasteiger partial charge in [0.2, 0.25) is 0 Å². The van der Waals surface area contributed by atoms with E-state index >= 15 is 0 Å². The molecule has 74 valence electrons. The predicted octanol–water partition coefficient (Wildman–Crippen LogP) is -3.60. The Balaban J connectivity index is 0.00000169. The van der Waals surface area contributed by atoms with E-state index in [0.29, 0.717) is 0 Å². The van der Waals surface area contributed by atoms with Crippen molar-refractivity contribution in [1.82, 2.24) is 5.06 Å². The third-order valence-corrected chi connectivity index (χ3v) is 2.21. The summed E-state index contributed by atoms with van der Waals surface area (Å²) >= 11 is 0. The Morgan fingerprint density at radius 3 is 2.00 bits per heavy atom.